The molecule has 0 atom stereocenters. The minimum atomic E-state index is -0.224. The molecule has 0 aliphatic carbocycles. The van der Waals surface area contributed by atoms with Crippen LogP contribution in [-0.4, -0.2) is 24.6 Å². The predicted molar refractivity (Wildman–Crippen MR) is 83.9 cm³/mol. The molecule has 0 fully saturated rings. The first-order valence-corrected chi connectivity index (χ1v) is 7.30. The molecule has 5 nitrogen and oxygen atoms in total. The number of carbonyl (C=O) groups is 1. The lowest BCUT2D eigenvalue weighted by Crippen LogP contribution is -2.07. The fourth-order valence-corrected chi connectivity index (χ4v) is 2.20. The van der Waals surface area contributed by atoms with Gasteiger partial charge in [-0.2, -0.15) is 0 Å². The third kappa shape index (κ3) is 4.32. The van der Waals surface area contributed by atoms with Gasteiger partial charge >= 0.3 is 0 Å². The number of hydrogen-bond acceptors (Lipinski definition) is 5. The van der Waals surface area contributed by atoms with Crippen LogP contribution in [0.4, 0.5) is 5.13 Å². The van der Waals surface area contributed by atoms with Crippen molar-refractivity contribution in [3.8, 4) is 11.5 Å². The van der Waals surface area contributed by atoms with Crippen LogP contribution in [0.1, 0.15) is 12.5 Å². The summed E-state index contributed by atoms with van der Waals surface area (Å²) >= 11 is 1.37. The number of anilines is 1. The number of carbonyl (C=O) groups excluding carboxylic acids is 1. The molecule has 1 aromatic carbocycles. The van der Waals surface area contributed by atoms with Crippen molar-refractivity contribution in [1.82, 2.24) is 4.98 Å². The summed E-state index contributed by atoms with van der Waals surface area (Å²) in [5, 5.41) is 5.06. The topological polar surface area (TPSA) is 60.5 Å². The molecular weight excluding hydrogens is 288 g/mol. The van der Waals surface area contributed by atoms with Crippen LogP contribution in [0.5, 0.6) is 11.5 Å². The highest BCUT2D eigenvalue weighted by atomic mass is 32.1. The van der Waals surface area contributed by atoms with Crippen LogP contribution in [0.15, 0.2) is 35.9 Å². The van der Waals surface area contributed by atoms with Crippen molar-refractivity contribution in [2.75, 3.05) is 19.0 Å². The molecule has 110 valence electrons. The van der Waals surface area contributed by atoms with E-state index in [0.717, 1.165) is 5.56 Å². The minimum Gasteiger partial charge on any atom is -0.493 e. The van der Waals surface area contributed by atoms with Crippen LogP contribution in [0.25, 0.3) is 6.08 Å². The average molecular weight is 304 g/mol. The summed E-state index contributed by atoms with van der Waals surface area (Å²) < 4.78 is 10.7. The van der Waals surface area contributed by atoms with Crippen molar-refractivity contribution in [2.45, 2.75) is 6.92 Å². The van der Waals surface area contributed by atoms with Crippen molar-refractivity contribution in [2.24, 2.45) is 0 Å². The lowest BCUT2D eigenvalue weighted by atomic mass is 10.2. The Bertz CT molecular complexity index is 624. The van der Waals surface area contributed by atoms with E-state index < -0.39 is 0 Å². The van der Waals surface area contributed by atoms with E-state index in [1.165, 1.54) is 17.4 Å². The third-order valence-corrected chi connectivity index (χ3v) is 3.27. The number of rotatable bonds is 6. The Hall–Kier alpha value is -2.34. The lowest BCUT2D eigenvalue weighted by Gasteiger charge is -2.09. The number of ether oxygens (including phenoxy) is 2. The summed E-state index contributed by atoms with van der Waals surface area (Å²) in [6, 6.07) is 5.50. The van der Waals surface area contributed by atoms with Gasteiger partial charge in [-0.15, -0.1) is 11.3 Å². The molecule has 2 rings (SSSR count). The fourth-order valence-electron chi connectivity index (χ4n) is 1.67. The van der Waals surface area contributed by atoms with Gasteiger partial charge in [0.2, 0.25) is 5.91 Å². The second kappa shape index (κ2) is 7.44. The van der Waals surface area contributed by atoms with Gasteiger partial charge in [0.05, 0.1) is 13.7 Å². The third-order valence-electron chi connectivity index (χ3n) is 2.58. The number of hydrogen-bond donors (Lipinski definition) is 1. The first-order valence-electron chi connectivity index (χ1n) is 6.42. The van der Waals surface area contributed by atoms with E-state index in [0.29, 0.717) is 23.2 Å². The van der Waals surface area contributed by atoms with Crippen molar-refractivity contribution < 1.29 is 14.3 Å². The van der Waals surface area contributed by atoms with Crippen LogP contribution in [0.3, 0.4) is 0 Å². The number of methoxy groups -OCH3 is 1. The molecule has 0 saturated carbocycles. The molecular formula is C15H16N2O3S. The SMILES string of the molecule is CCOc1ccc(/C=C/C(=O)Nc2nccs2)cc1OC. The molecule has 6 heteroatoms. The Morgan fingerprint density at radius 2 is 2.29 bits per heavy atom. The van der Waals surface area contributed by atoms with Crippen LogP contribution >= 0.6 is 11.3 Å². The number of amides is 1. The second-order valence-corrected chi connectivity index (χ2v) is 4.90. The van der Waals surface area contributed by atoms with Gasteiger partial charge < -0.3 is 9.47 Å². The van der Waals surface area contributed by atoms with Crippen molar-refractivity contribution in [3.63, 3.8) is 0 Å². The van der Waals surface area contributed by atoms with Gasteiger partial charge in [-0.25, -0.2) is 4.98 Å². The zero-order valence-electron chi connectivity index (χ0n) is 11.8. The Kier molecular flexibility index (Phi) is 5.34. The maximum atomic E-state index is 11.7. The van der Waals surface area contributed by atoms with Gasteiger partial charge in [0.25, 0.3) is 0 Å². The number of nitrogens with zero attached hydrogens (tertiary/aromatic N) is 1. The van der Waals surface area contributed by atoms with Crippen molar-refractivity contribution >= 4 is 28.5 Å². The first kappa shape index (κ1) is 15.1. The predicted octanol–water partition coefficient (Wildman–Crippen LogP) is 3.20. The molecule has 0 spiro atoms. The molecule has 0 saturated heterocycles. The molecule has 0 radical (unpaired) electrons. The van der Waals surface area contributed by atoms with Crippen molar-refractivity contribution in [1.29, 1.82) is 0 Å². The Balaban J connectivity index is 2.04. The number of thiazole rings is 1. The first-order chi connectivity index (χ1) is 10.2. The van der Waals surface area contributed by atoms with Crippen LogP contribution in [0, 0.1) is 0 Å². The molecule has 1 aromatic heterocycles. The summed E-state index contributed by atoms with van der Waals surface area (Å²) in [6.45, 7) is 2.48. The summed E-state index contributed by atoms with van der Waals surface area (Å²) in [4.78, 5) is 15.7. The largest absolute Gasteiger partial charge is 0.493 e. The van der Waals surface area contributed by atoms with E-state index in [9.17, 15) is 4.79 Å². The number of aromatic nitrogens is 1. The van der Waals surface area contributed by atoms with Gasteiger partial charge in [0.1, 0.15) is 0 Å². The molecule has 1 N–H and O–H groups in total. The Labute approximate surface area is 127 Å². The molecule has 0 aliphatic rings. The smallest absolute Gasteiger partial charge is 0.250 e. The molecule has 21 heavy (non-hydrogen) atoms. The summed E-state index contributed by atoms with van der Waals surface area (Å²) in [7, 11) is 1.58. The number of nitrogens with one attached hydrogen (secondary N) is 1. The standard InChI is InChI=1S/C15H16N2O3S/c1-3-20-12-6-4-11(10-13(12)19-2)5-7-14(18)17-15-16-8-9-21-15/h4-10H,3H2,1-2H3,(H,16,17,18)/b7-5+. The van der Waals surface area contributed by atoms with E-state index >= 15 is 0 Å². The van der Waals surface area contributed by atoms with Crippen LogP contribution in [-0.2, 0) is 4.79 Å². The molecule has 0 bridgehead atoms. The zero-order chi connectivity index (χ0) is 15.1. The van der Waals surface area contributed by atoms with Crippen LogP contribution in [0.2, 0.25) is 0 Å². The highest BCUT2D eigenvalue weighted by molar-refractivity contribution is 7.13. The average Bonchev–Trinajstić information content (AvgIpc) is 2.99. The van der Waals surface area contributed by atoms with Crippen LogP contribution < -0.4 is 14.8 Å². The Morgan fingerprint density at radius 3 is 2.95 bits per heavy atom. The number of benzene rings is 1. The zero-order valence-corrected chi connectivity index (χ0v) is 12.6. The highest BCUT2D eigenvalue weighted by Crippen LogP contribution is 2.28. The van der Waals surface area contributed by atoms with E-state index in [2.05, 4.69) is 10.3 Å². The maximum Gasteiger partial charge on any atom is 0.250 e. The minimum absolute atomic E-state index is 0.224. The van der Waals surface area contributed by atoms with Gasteiger partial charge in [0, 0.05) is 17.7 Å². The summed E-state index contributed by atoms with van der Waals surface area (Å²) in [5.74, 6) is 1.10. The molecule has 0 aliphatic heterocycles. The highest BCUT2D eigenvalue weighted by Gasteiger charge is 2.04. The normalized spacial score (nSPS) is 10.6. The summed E-state index contributed by atoms with van der Waals surface area (Å²) in [5.41, 5.74) is 0.851. The fraction of sp³-hybridized carbons (Fsp3) is 0.200. The maximum absolute atomic E-state index is 11.7. The van der Waals surface area contributed by atoms with Crippen molar-refractivity contribution in [3.05, 3.63) is 41.4 Å². The molecule has 1 amide bonds. The quantitative estimate of drug-likeness (QED) is 0.833. The molecule has 0 unspecified atom stereocenters. The van der Waals surface area contributed by atoms with E-state index in [1.54, 1.807) is 24.8 Å². The van der Waals surface area contributed by atoms with E-state index in [4.69, 9.17) is 9.47 Å². The molecule has 1 heterocycles. The second-order valence-electron chi connectivity index (χ2n) is 4.00. The summed E-state index contributed by atoms with van der Waals surface area (Å²) in [6.07, 6.45) is 4.80. The van der Waals surface area contributed by atoms with E-state index in [-0.39, 0.29) is 5.91 Å². The van der Waals surface area contributed by atoms with Gasteiger partial charge in [0.15, 0.2) is 16.6 Å². The Morgan fingerprint density at radius 1 is 1.43 bits per heavy atom. The lowest BCUT2D eigenvalue weighted by molar-refractivity contribution is -0.111. The van der Waals surface area contributed by atoms with Gasteiger partial charge in [-0.3, -0.25) is 10.1 Å². The van der Waals surface area contributed by atoms with E-state index in [1.807, 2.05) is 25.1 Å². The molecule has 2 aromatic rings. The van der Waals surface area contributed by atoms with Gasteiger partial charge in [-0.1, -0.05) is 6.07 Å². The monoisotopic (exact) mass is 304 g/mol. The van der Waals surface area contributed by atoms with Gasteiger partial charge in [-0.05, 0) is 30.7 Å².